The van der Waals surface area contributed by atoms with E-state index in [1.165, 1.54) is 18.2 Å². The van der Waals surface area contributed by atoms with Gasteiger partial charge in [-0.1, -0.05) is 18.2 Å². The van der Waals surface area contributed by atoms with E-state index in [-0.39, 0.29) is 11.9 Å². The molecule has 6 heteroatoms. The number of benzene rings is 2. The predicted molar refractivity (Wildman–Crippen MR) is 103 cm³/mol. The zero-order valence-corrected chi connectivity index (χ0v) is 15.1. The molecular weight excluding hydrogens is 362 g/mol. The molecule has 3 rings (SSSR count). The summed E-state index contributed by atoms with van der Waals surface area (Å²) in [6.07, 6.45) is 5.98. The first-order valence-electron chi connectivity index (χ1n) is 8.63. The van der Waals surface area contributed by atoms with Crippen LogP contribution in [-0.4, -0.2) is 10.9 Å². The Morgan fingerprint density at radius 3 is 2.57 bits per heavy atom. The highest BCUT2D eigenvalue weighted by molar-refractivity contribution is 5.91. The van der Waals surface area contributed by atoms with Crippen LogP contribution in [0.3, 0.4) is 0 Å². The minimum atomic E-state index is -0.957. The van der Waals surface area contributed by atoms with Gasteiger partial charge in [0.1, 0.15) is 11.5 Å². The normalized spacial score (nSPS) is 12.0. The Kier molecular flexibility index (Phi) is 6.11. The van der Waals surface area contributed by atoms with Crippen LogP contribution in [0.2, 0.25) is 0 Å². The maximum Gasteiger partial charge on any atom is 0.244 e. The molecule has 0 aliphatic rings. The highest BCUT2D eigenvalue weighted by atomic mass is 19.2. The van der Waals surface area contributed by atoms with Crippen molar-refractivity contribution in [2.24, 2.45) is 0 Å². The number of nitrogens with one attached hydrogen (secondary N) is 1. The van der Waals surface area contributed by atoms with E-state index in [9.17, 15) is 13.6 Å². The van der Waals surface area contributed by atoms with Gasteiger partial charge in [-0.05, 0) is 60.5 Å². The SMILES string of the molecule is CC(NC(=O)/C=C/c1ccc(F)c(F)c1)c1cccc(Oc2ccncc2)c1. The highest BCUT2D eigenvalue weighted by Gasteiger charge is 2.09. The van der Waals surface area contributed by atoms with Gasteiger partial charge in [0.2, 0.25) is 5.91 Å². The molecule has 1 unspecified atom stereocenters. The Balaban J connectivity index is 1.62. The van der Waals surface area contributed by atoms with Crippen LogP contribution in [0.4, 0.5) is 8.78 Å². The Bertz CT molecular complexity index is 991. The van der Waals surface area contributed by atoms with E-state index in [2.05, 4.69) is 10.3 Å². The van der Waals surface area contributed by atoms with Gasteiger partial charge in [0.05, 0.1) is 6.04 Å². The first-order valence-corrected chi connectivity index (χ1v) is 8.63. The van der Waals surface area contributed by atoms with Gasteiger partial charge >= 0.3 is 0 Å². The van der Waals surface area contributed by atoms with Crippen LogP contribution in [0.5, 0.6) is 11.5 Å². The van der Waals surface area contributed by atoms with Gasteiger partial charge in [-0.25, -0.2) is 8.78 Å². The lowest BCUT2D eigenvalue weighted by molar-refractivity contribution is -0.117. The van der Waals surface area contributed by atoms with Crippen molar-refractivity contribution in [2.75, 3.05) is 0 Å². The molecule has 0 aliphatic carbocycles. The third kappa shape index (κ3) is 5.23. The molecule has 1 heterocycles. The maximum absolute atomic E-state index is 13.2. The summed E-state index contributed by atoms with van der Waals surface area (Å²) in [4.78, 5) is 16.1. The number of carbonyl (C=O) groups is 1. The molecule has 4 nitrogen and oxygen atoms in total. The second-order valence-electron chi connectivity index (χ2n) is 6.09. The van der Waals surface area contributed by atoms with Crippen LogP contribution < -0.4 is 10.1 Å². The fourth-order valence-electron chi connectivity index (χ4n) is 2.52. The van der Waals surface area contributed by atoms with E-state index in [0.717, 1.165) is 17.7 Å². The van der Waals surface area contributed by atoms with Gasteiger partial charge in [-0.3, -0.25) is 9.78 Å². The second-order valence-corrected chi connectivity index (χ2v) is 6.09. The van der Waals surface area contributed by atoms with E-state index in [1.54, 1.807) is 24.5 Å². The van der Waals surface area contributed by atoms with Crippen LogP contribution in [-0.2, 0) is 4.79 Å². The molecule has 28 heavy (non-hydrogen) atoms. The van der Waals surface area contributed by atoms with Gasteiger partial charge in [-0.15, -0.1) is 0 Å². The fourth-order valence-corrected chi connectivity index (χ4v) is 2.52. The number of nitrogens with zero attached hydrogens (tertiary/aromatic N) is 1. The maximum atomic E-state index is 13.2. The lowest BCUT2D eigenvalue weighted by Crippen LogP contribution is -2.24. The quantitative estimate of drug-likeness (QED) is 0.610. The lowest BCUT2D eigenvalue weighted by Gasteiger charge is -2.14. The predicted octanol–water partition coefficient (Wildman–Crippen LogP) is 5.04. The standard InChI is InChI=1S/C22H18F2N2O2/c1-15(26-22(27)8-6-16-5-7-20(23)21(24)13-16)17-3-2-4-19(14-17)28-18-9-11-25-12-10-18/h2-15H,1H3,(H,26,27)/b8-6+. The van der Waals surface area contributed by atoms with Crippen molar-refractivity contribution in [3.8, 4) is 11.5 Å². The van der Waals surface area contributed by atoms with Crippen LogP contribution in [0.1, 0.15) is 24.1 Å². The molecule has 2 aromatic carbocycles. The third-order valence-electron chi connectivity index (χ3n) is 3.97. The van der Waals surface area contributed by atoms with Crippen molar-refractivity contribution in [3.63, 3.8) is 0 Å². The molecule has 0 spiro atoms. The first-order chi connectivity index (χ1) is 13.5. The molecule has 0 saturated heterocycles. The molecule has 1 amide bonds. The van der Waals surface area contributed by atoms with Crippen LogP contribution in [0, 0.1) is 11.6 Å². The van der Waals surface area contributed by atoms with Crippen molar-refractivity contribution in [1.29, 1.82) is 0 Å². The molecule has 0 bridgehead atoms. The Morgan fingerprint density at radius 1 is 1.04 bits per heavy atom. The largest absolute Gasteiger partial charge is 0.457 e. The van der Waals surface area contributed by atoms with Crippen molar-refractivity contribution < 1.29 is 18.3 Å². The third-order valence-corrected chi connectivity index (χ3v) is 3.97. The highest BCUT2D eigenvalue weighted by Crippen LogP contribution is 2.24. The van der Waals surface area contributed by atoms with Crippen molar-refractivity contribution in [2.45, 2.75) is 13.0 Å². The van der Waals surface area contributed by atoms with Gasteiger partial charge in [0.25, 0.3) is 0 Å². The Labute approximate surface area is 161 Å². The lowest BCUT2D eigenvalue weighted by atomic mass is 10.1. The van der Waals surface area contributed by atoms with Crippen LogP contribution >= 0.6 is 0 Å². The summed E-state index contributed by atoms with van der Waals surface area (Å²) in [6, 6.07) is 14.0. The van der Waals surface area contributed by atoms with Crippen LogP contribution in [0.25, 0.3) is 6.08 Å². The number of ether oxygens (including phenoxy) is 1. The molecule has 1 N–H and O–H groups in total. The summed E-state index contributed by atoms with van der Waals surface area (Å²) in [7, 11) is 0. The summed E-state index contributed by atoms with van der Waals surface area (Å²) >= 11 is 0. The number of carbonyl (C=O) groups excluding carboxylic acids is 1. The van der Waals surface area contributed by atoms with Gasteiger partial charge in [-0.2, -0.15) is 0 Å². The fraction of sp³-hybridized carbons (Fsp3) is 0.0909. The monoisotopic (exact) mass is 380 g/mol. The smallest absolute Gasteiger partial charge is 0.244 e. The van der Waals surface area contributed by atoms with Crippen LogP contribution in [0.15, 0.2) is 73.1 Å². The van der Waals surface area contributed by atoms with E-state index in [0.29, 0.717) is 17.1 Å². The Hall–Kier alpha value is -3.54. The summed E-state index contributed by atoms with van der Waals surface area (Å²) in [5.74, 6) is -0.927. The minimum Gasteiger partial charge on any atom is -0.457 e. The molecule has 0 saturated carbocycles. The van der Waals surface area contributed by atoms with E-state index in [1.807, 2.05) is 31.2 Å². The minimum absolute atomic E-state index is 0.275. The van der Waals surface area contributed by atoms with E-state index in [4.69, 9.17) is 4.74 Å². The average Bonchev–Trinajstić information content (AvgIpc) is 2.70. The zero-order valence-electron chi connectivity index (χ0n) is 15.1. The number of amides is 1. The number of rotatable bonds is 6. The molecule has 1 atom stereocenters. The zero-order chi connectivity index (χ0) is 19.9. The number of aromatic nitrogens is 1. The average molecular weight is 380 g/mol. The number of hydrogen-bond donors (Lipinski definition) is 1. The van der Waals surface area contributed by atoms with Crippen molar-refractivity contribution in [1.82, 2.24) is 10.3 Å². The number of hydrogen-bond acceptors (Lipinski definition) is 3. The number of halogens is 2. The first kappa shape index (κ1) is 19.2. The molecule has 0 aliphatic heterocycles. The molecule has 0 radical (unpaired) electrons. The topological polar surface area (TPSA) is 51.2 Å². The van der Waals surface area contributed by atoms with Gasteiger partial charge in [0, 0.05) is 18.5 Å². The summed E-state index contributed by atoms with van der Waals surface area (Å²) in [6.45, 7) is 1.84. The summed E-state index contributed by atoms with van der Waals surface area (Å²) in [5, 5.41) is 2.82. The van der Waals surface area contributed by atoms with Gasteiger partial charge in [0.15, 0.2) is 11.6 Å². The number of pyridine rings is 1. The molecular formula is C22H18F2N2O2. The van der Waals surface area contributed by atoms with E-state index < -0.39 is 11.6 Å². The Morgan fingerprint density at radius 2 is 1.82 bits per heavy atom. The second kappa shape index (κ2) is 8.90. The summed E-state index contributed by atoms with van der Waals surface area (Å²) in [5.41, 5.74) is 1.26. The molecule has 0 fully saturated rings. The molecule has 1 aromatic heterocycles. The van der Waals surface area contributed by atoms with E-state index >= 15 is 0 Å². The summed E-state index contributed by atoms with van der Waals surface area (Å²) < 4.78 is 31.9. The van der Waals surface area contributed by atoms with Gasteiger partial charge < -0.3 is 10.1 Å². The molecule has 3 aromatic rings. The molecule has 142 valence electrons. The van der Waals surface area contributed by atoms with Crippen molar-refractivity contribution >= 4 is 12.0 Å². The van der Waals surface area contributed by atoms with Crippen molar-refractivity contribution in [3.05, 3.63) is 95.8 Å².